The molecule has 166 valence electrons. The first-order chi connectivity index (χ1) is 14.7. The molecular formula is C24H36N2O4. The van der Waals surface area contributed by atoms with Crippen molar-refractivity contribution in [2.45, 2.75) is 38.3 Å². The minimum absolute atomic E-state index is 0.271. The first-order valence-electron chi connectivity index (χ1n) is 11.3. The van der Waals surface area contributed by atoms with E-state index in [0.29, 0.717) is 23.5 Å². The zero-order valence-corrected chi connectivity index (χ0v) is 18.2. The molecule has 0 aromatic heterocycles. The number of aliphatic hydroxyl groups excluding tert-OH is 1. The molecular weight excluding hydrogens is 380 g/mol. The van der Waals surface area contributed by atoms with Crippen LogP contribution in [0.5, 0.6) is 11.5 Å². The van der Waals surface area contributed by atoms with Gasteiger partial charge in [-0.25, -0.2) is 0 Å². The Balaban J connectivity index is 1.32. The van der Waals surface area contributed by atoms with Gasteiger partial charge in [0.25, 0.3) is 0 Å². The maximum atomic E-state index is 10.4. The van der Waals surface area contributed by atoms with Gasteiger partial charge in [-0.05, 0) is 55.3 Å². The lowest BCUT2D eigenvalue weighted by atomic mass is 9.80. The molecule has 0 aliphatic carbocycles. The summed E-state index contributed by atoms with van der Waals surface area (Å²) in [5.41, 5.74) is 1.68. The number of methoxy groups -OCH3 is 1. The molecule has 6 heteroatoms. The number of hydrogen-bond donors (Lipinski definition) is 1. The van der Waals surface area contributed by atoms with Crippen LogP contribution in [0.4, 0.5) is 0 Å². The number of likely N-dealkylation sites (tertiary alicyclic amines) is 1. The molecule has 3 heterocycles. The number of benzene rings is 1. The summed E-state index contributed by atoms with van der Waals surface area (Å²) < 4.78 is 17.0. The van der Waals surface area contributed by atoms with E-state index < -0.39 is 6.10 Å². The second-order valence-corrected chi connectivity index (χ2v) is 9.04. The van der Waals surface area contributed by atoms with E-state index in [1.165, 1.54) is 24.8 Å². The lowest BCUT2D eigenvalue weighted by Crippen LogP contribution is -2.37. The van der Waals surface area contributed by atoms with Gasteiger partial charge in [-0.1, -0.05) is 18.2 Å². The van der Waals surface area contributed by atoms with Crippen LogP contribution in [0.1, 0.15) is 31.2 Å². The third-order valence-electron chi connectivity index (χ3n) is 6.75. The quantitative estimate of drug-likeness (QED) is 0.658. The average molecular weight is 417 g/mol. The Morgan fingerprint density at radius 2 is 1.97 bits per heavy atom. The van der Waals surface area contributed by atoms with Crippen molar-refractivity contribution in [3.63, 3.8) is 0 Å². The second kappa shape index (κ2) is 10.1. The summed E-state index contributed by atoms with van der Waals surface area (Å²) in [6.07, 6.45) is 8.53. The van der Waals surface area contributed by atoms with Gasteiger partial charge in [0.2, 0.25) is 0 Å². The Morgan fingerprint density at radius 1 is 1.10 bits per heavy atom. The van der Waals surface area contributed by atoms with Crippen LogP contribution in [0.2, 0.25) is 0 Å². The predicted molar refractivity (Wildman–Crippen MR) is 117 cm³/mol. The molecule has 1 unspecified atom stereocenters. The Bertz CT molecular complexity index is 717. The maximum absolute atomic E-state index is 10.4. The van der Waals surface area contributed by atoms with Crippen molar-refractivity contribution in [1.82, 2.24) is 9.80 Å². The molecule has 30 heavy (non-hydrogen) atoms. The zero-order valence-electron chi connectivity index (χ0n) is 18.2. The second-order valence-electron chi connectivity index (χ2n) is 9.04. The average Bonchev–Trinajstić information content (AvgIpc) is 3.15. The van der Waals surface area contributed by atoms with Crippen LogP contribution in [0.15, 0.2) is 30.4 Å². The minimum atomic E-state index is -0.517. The molecule has 3 aliphatic heterocycles. The van der Waals surface area contributed by atoms with E-state index in [9.17, 15) is 5.11 Å². The number of aliphatic hydroxyl groups is 1. The Morgan fingerprint density at radius 3 is 2.73 bits per heavy atom. The van der Waals surface area contributed by atoms with Crippen molar-refractivity contribution in [1.29, 1.82) is 0 Å². The molecule has 1 N–H and O–H groups in total. The van der Waals surface area contributed by atoms with Gasteiger partial charge in [0.05, 0.1) is 7.11 Å². The number of β-amino-alcohol motifs (C(OH)–C–C–N with tert-alkyl or cyclic N) is 1. The number of ether oxygens (including phenoxy) is 3. The molecule has 0 amide bonds. The number of rotatable bonds is 8. The maximum Gasteiger partial charge on any atom is 0.161 e. The summed E-state index contributed by atoms with van der Waals surface area (Å²) in [7, 11) is 1.66. The highest BCUT2D eigenvalue weighted by Crippen LogP contribution is 2.40. The molecule has 0 radical (unpaired) electrons. The molecule has 1 spiro atoms. The van der Waals surface area contributed by atoms with Gasteiger partial charge >= 0.3 is 0 Å². The summed E-state index contributed by atoms with van der Waals surface area (Å²) in [5.74, 6) is 1.43. The summed E-state index contributed by atoms with van der Waals surface area (Å²) in [6.45, 7) is 7.83. The van der Waals surface area contributed by atoms with Crippen molar-refractivity contribution in [3.05, 3.63) is 35.9 Å². The topological polar surface area (TPSA) is 54.4 Å². The van der Waals surface area contributed by atoms with E-state index in [0.717, 1.165) is 52.4 Å². The van der Waals surface area contributed by atoms with Gasteiger partial charge in [0.15, 0.2) is 11.5 Å². The summed E-state index contributed by atoms with van der Waals surface area (Å²) in [5, 5.41) is 10.4. The van der Waals surface area contributed by atoms with Crippen LogP contribution in [0, 0.1) is 5.41 Å². The van der Waals surface area contributed by atoms with Crippen LogP contribution in [-0.4, -0.2) is 80.7 Å². The molecule has 2 fully saturated rings. The Labute approximate surface area is 180 Å². The van der Waals surface area contributed by atoms with Gasteiger partial charge in [-0.3, -0.25) is 9.80 Å². The Hall–Kier alpha value is -1.60. The summed E-state index contributed by atoms with van der Waals surface area (Å²) in [4.78, 5) is 4.80. The van der Waals surface area contributed by atoms with E-state index in [1.807, 2.05) is 6.07 Å². The molecule has 1 atom stereocenters. The van der Waals surface area contributed by atoms with Gasteiger partial charge in [0.1, 0.15) is 12.7 Å². The molecule has 1 aromatic rings. The highest BCUT2D eigenvalue weighted by atomic mass is 16.5. The van der Waals surface area contributed by atoms with Crippen molar-refractivity contribution >= 4 is 0 Å². The van der Waals surface area contributed by atoms with E-state index >= 15 is 0 Å². The number of nitrogens with zero attached hydrogens (tertiary/aromatic N) is 2. The lowest BCUT2D eigenvalue weighted by molar-refractivity contribution is 0.0190. The van der Waals surface area contributed by atoms with Crippen LogP contribution < -0.4 is 9.47 Å². The SMILES string of the molecule is COc1ccc(CN2CCC3(CCOCC3)C2)cc1OCC(O)CN1CC=CCC1. The van der Waals surface area contributed by atoms with Crippen LogP contribution >= 0.6 is 0 Å². The third-order valence-corrected chi connectivity index (χ3v) is 6.75. The predicted octanol–water partition coefficient (Wildman–Crippen LogP) is 2.70. The van der Waals surface area contributed by atoms with E-state index in [1.54, 1.807) is 7.11 Å². The normalized spacial score (nSPS) is 23.0. The fraction of sp³-hybridized carbons (Fsp3) is 0.667. The summed E-state index contributed by atoms with van der Waals surface area (Å²) in [6, 6.07) is 6.17. The fourth-order valence-corrected chi connectivity index (χ4v) is 4.96. The highest BCUT2D eigenvalue weighted by Gasteiger charge is 2.39. The first-order valence-corrected chi connectivity index (χ1v) is 11.3. The Kier molecular flexibility index (Phi) is 7.31. The zero-order chi connectivity index (χ0) is 20.8. The lowest BCUT2D eigenvalue weighted by Gasteiger charge is -2.33. The third kappa shape index (κ3) is 5.55. The van der Waals surface area contributed by atoms with Gasteiger partial charge in [-0.2, -0.15) is 0 Å². The fourth-order valence-electron chi connectivity index (χ4n) is 4.96. The molecule has 1 aromatic carbocycles. The van der Waals surface area contributed by atoms with Gasteiger partial charge < -0.3 is 19.3 Å². The standard InChI is InChI=1S/C24H36N2O4/c1-28-22-6-5-20(16-26-12-7-24(19-26)8-13-29-14-9-24)15-23(22)30-18-21(27)17-25-10-3-2-4-11-25/h2-3,5-6,15,21,27H,4,7-14,16-19H2,1H3. The molecule has 0 saturated carbocycles. The number of hydrogen-bond acceptors (Lipinski definition) is 6. The highest BCUT2D eigenvalue weighted by molar-refractivity contribution is 5.43. The molecule has 2 saturated heterocycles. The molecule has 6 nitrogen and oxygen atoms in total. The largest absolute Gasteiger partial charge is 0.493 e. The van der Waals surface area contributed by atoms with Crippen LogP contribution in [-0.2, 0) is 11.3 Å². The van der Waals surface area contributed by atoms with Crippen molar-refractivity contribution < 1.29 is 19.3 Å². The van der Waals surface area contributed by atoms with Gasteiger partial charge in [-0.15, -0.1) is 0 Å². The molecule has 0 bridgehead atoms. The minimum Gasteiger partial charge on any atom is -0.493 e. The van der Waals surface area contributed by atoms with E-state index in [2.05, 4.69) is 34.1 Å². The smallest absolute Gasteiger partial charge is 0.161 e. The summed E-state index contributed by atoms with van der Waals surface area (Å²) >= 11 is 0. The van der Waals surface area contributed by atoms with E-state index in [-0.39, 0.29) is 6.61 Å². The van der Waals surface area contributed by atoms with Crippen molar-refractivity contribution in [3.8, 4) is 11.5 Å². The van der Waals surface area contributed by atoms with Crippen LogP contribution in [0.25, 0.3) is 0 Å². The monoisotopic (exact) mass is 416 g/mol. The van der Waals surface area contributed by atoms with E-state index in [4.69, 9.17) is 14.2 Å². The van der Waals surface area contributed by atoms with Crippen molar-refractivity contribution in [2.24, 2.45) is 5.41 Å². The van der Waals surface area contributed by atoms with Crippen molar-refractivity contribution in [2.75, 3.05) is 59.7 Å². The van der Waals surface area contributed by atoms with Crippen LogP contribution in [0.3, 0.4) is 0 Å². The molecule has 4 rings (SSSR count). The molecule has 3 aliphatic rings. The first kappa shape index (κ1) is 21.6. The van der Waals surface area contributed by atoms with Gasteiger partial charge in [0, 0.05) is 45.9 Å².